The van der Waals surface area contributed by atoms with Gasteiger partial charge in [0.05, 0.1) is 0 Å². The van der Waals surface area contributed by atoms with Crippen molar-refractivity contribution in [2.24, 2.45) is 0 Å². The Balaban J connectivity index is 3.19. The molecule has 1 N–H and O–H groups in total. The quantitative estimate of drug-likeness (QED) is 0.694. The maximum atomic E-state index is 9.52. The number of rotatable bonds is 3. The van der Waals surface area contributed by atoms with Crippen LogP contribution in [0.3, 0.4) is 0 Å². The molecule has 0 radical (unpaired) electrons. The minimum absolute atomic E-state index is 0.260. The average molecular weight is 172 g/mol. The zero-order valence-corrected chi connectivity index (χ0v) is 7.40. The molecule has 0 amide bonds. The van der Waals surface area contributed by atoms with Gasteiger partial charge in [-0.3, -0.25) is 0 Å². The monoisotopic (exact) mass is 172 g/mol. The lowest BCUT2D eigenvalue weighted by Gasteiger charge is -2.03. The zero-order chi connectivity index (χ0) is 9.68. The number of para-hydroxylation sites is 1. The van der Waals surface area contributed by atoms with E-state index in [1.54, 1.807) is 24.3 Å². The molecule has 0 fully saturated rings. The molecule has 0 aliphatic heterocycles. The normalized spacial score (nSPS) is 10.9. The van der Waals surface area contributed by atoms with Crippen LogP contribution in [0.4, 0.5) is 0 Å². The fourth-order valence-electron chi connectivity index (χ4n) is 1.11. The second-order valence-corrected chi connectivity index (χ2v) is 2.58. The van der Waals surface area contributed by atoms with Crippen molar-refractivity contribution in [3.8, 4) is 5.75 Å². The van der Waals surface area contributed by atoms with Crippen molar-refractivity contribution in [3.05, 3.63) is 61.2 Å². The molecular formula is C12H12O. The standard InChI is InChI=1S/C12H12O/c1-3-7-10(4-2)11-8-5-6-9-12(11)13/h3-9,13H,1-2H2/b10-7+. The Morgan fingerprint density at radius 1 is 1.23 bits per heavy atom. The lowest BCUT2D eigenvalue weighted by Crippen LogP contribution is -1.80. The van der Waals surface area contributed by atoms with Crippen molar-refractivity contribution >= 4 is 5.57 Å². The maximum absolute atomic E-state index is 9.52. The van der Waals surface area contributed by atoms with Gasteiger partial charge in [-0.1, -0.05) is 49.6 Å². The molecule has 0 saturated carbocycles. The summed E-state index contributed by atoms with van der Waals surface area (Å²) in [5, 5.41) is 9.52. The fourth-order valence-corrected chi connectivity index (χ4v) is 1.11. The van der Waals surface area contributed by atoms with Crippen LogP contribution in [0.2, 0.25) is 0 Å². The summed E-state index contributed by atoms with van der Waals surface area (Å²) in [4.78, 5) is 0. The summed E-state index contributed by atoms with van der Waals surface area (Å²) >= 11 is 0. The molecule has 1 rings (SSSR count). The van der Waals surface area contributed by atoms with E-state index in [9.17, 15) is 5.11 Å². The van der Waals surface area contributed by atoms with Crippen LogP contribution in [0.15, 0.2) is 55.7 Å². The first-order valence-electron chi connectivity index (χ1n) is 4.03. The number of benzene rings is 1. The third kappa shape index (κ3) is 2.09. The molecule has 0 spiro atoms. The predicted octanol–water partition coefficient (Wildman–Crippen LogP) is 3.15. The summed E-state index contributed by atoms with van der Waals surface area (Å²) in [6.07, 6.45) is 5.17. The molecule has 0 unspecified atom stereocenters. The van der Waals surface area contributed by atoms with Gasteiger partial charge < -0.3 is 5.11 Å². The van der Waals surface area contributed by atoms with E-state index in [4.69, 9.17) is 0 Å². The second-order valence-electron chi connectivity index (χ2n) is 2.58. The minimum Gasteiger partial charge on any atom is -0.507 e. The van der Waals surface area contributed by atoms with Crippen LogP contribution in [-0.2, 0) is 0 Å². The van der Waals surface area contributed by atoms with Gasteiger partial charge in [-0.25, -0.2) is 0 Å². The first-order valence-corrected chi connectivity index (χ1v) is 4.03. The Morgan fingerprint density at radius 3 is 2.46 bits per heavy atom. The van der Waals surface area contributed by atoms with Gasteiger partial charge in [-0.2, -0.15) is 0 Å². The molecule has 0 saturated heterocycles. The van der Waals surface area contributed by atoms with Crippen LogP contribution in [0.1, 0.15) is 5.56 Å². The SMILES string of the molecule is C=C/C=C(\C=C)c1ccccc1O. The molecule has 0 bridgehead atoms. The van der Waals surface area contributed by atoms with Gasteiger partial charge in [0.1, 0.15) is 5.75 Å². The maximum Gasteiger partial charge on any atom is 0.123 e. The minimum atomic E-state index is 0.260. The largest absolute Gasteiger partial charge is 0.507 e. The summed E-state index contributed by atoms with van der Waals surface area (Å²) in [6, 6.07) is 7.14. The number of allylic oxidation sites excluding steroid dienone is 4. The van der Waals surface area contributed by atoms with E-state index in [2.05, 4.69) is 13.2 Å². The molecule has 0 aliphatic rings. The molecule has 1 heteroatoms. The van der Waals surface area contributed by atoms with Gasteiger partial charge in [-0.15, -0.1) is 0 Å². The van der Waals surface area contributed by atoms with Gasteiger partial charge in [0.15, 0.2) is 0 Å². The summed E-state index contributed by atoms with van der Waals surface area (Å²) in [5.41, 5.74) is 1.64. The predicted molar refractivity (Wildman–Crippen MR) is 56.5 cm³/mol. The van der Waals surface area contributed by atoms with Gasteiger partial charge in [0.25, 0.3) is 0 Å². The Bertz CT molecular complexity index is 348. The van der Waals surface area contributed by atoms with E-state index in [0.717, 1.165) is 11.1 Å². The molecule has 0 aromatic heterocycles. The van der Waals surface area contributed by atoms with Crippen LogP contribution in [0.25, 0.3) is 5.57 Å². The highest BCUT2D eigenvalue weighted by molar-refractivity contribution is 5.77. The highest BCUT2D eigenvalue weighted by Gasteiger charge is 2.00. The summed E-state index contributed by atoms with van der Waals surface area (Å²) in [5.74, 6) is 0.260. The molecule has 66 valence electrons. The third-order valence-corrected chi connectivity index (χ3v) is 1.73. The molecule has 1 aromatic carbocycles. The third-order valence-electron chi connectivity index (χ3n) is 1.73. The van der Waals surface area contributed by atoms with Crippen LogP contribution in [0, 0.1) is 0 Å². The fraction of sp³-hybridized carbons (Fsp3) is 0. The van der Waals surface area contributed by atoms with Gasteiger partial charge >= 0.3 is 0 Å². The van der Waals surface area contributed by atoms with Gasteiger partial charge in [0.2, 0.25) is 0 Å². The topological polar surface area (TPSA) is 20.2 Å². The van der Waals surface area contributed by atoms with E-state index in [1.807, 2.05) is 18.2 Å². The van der Waals surface area contributed by atoms with E-state index < -0.39 is 0 Å². The van der Waals surface area contributed by atoms with Crippen LogP contribution < -0.4 is 0 Å². The Kier molecular flexibility index (Phi) is 3.09. The first-order chi connectivity index (χ1) is 6.29. The number of hydrogen-bond donors (Lipinski definition) is 1. The summed E-state index contributed by atoms with van der Waals surface area (Å²) in [7, 11) is 0. The second kappa shape index (κ2) is 4.31. The van der Waals surface area contributed by atoms with E-state index in [0.29, 0.717) is 0 Å². The van der Waals surface area contributed by atoms with E-state index >= 15 is 0 Å². The highest BCUT2D eigenvalue weighted by Crippen LogP contribution is 2.24. The van der Waals surface area contributed by atoms with Gasteiger partial charge in [-0.05, 0) is 11.6 Å². The number of phenols is 1. The molecule has 13 heavy (non-hydrogen) atoms. The van der Waals surface area contributed by atoms with Crippen LogP contribution >= 0.6 is 0 Å². The van der Waals surface area contributed by atoms with Crippen molar-refractivity contribution in [1.29, 1.82) is 0 Å². The zero-order valence-electron chi connectivity index (χ0n) is 7.40. The molecular weight excluding hydrogens is 160 g/mol. The van der Waals surface area contributed by atoms with Crippen molar-refractivity contribution in [2.45, 2.75) is 0 Å². The van der Waals surface area contributed by atoms with Crippen molar-refractivity contribution < 1.29 is 5.11 Å². The van der Waals surface area contributed by atoms with Crippen molar-refractivity contribution in [1.82, 2.24) is 0 Å². The molecule has 0 atom stereocenters. The van der Waals surface area contributed by atoms with E-state index in [1.165, 1.54) is 0 Å². The lowest BCUT2D eigenvalue weighted by atomic mass is 10.0. The Labute approximate surface area is 78.3 Å². The smallest absolute Gasteiger partial charge is 0.123 e. The Morgan fingerprint density at radius 2 is 1.92 bits per heavy atom. The number of aromatic hydroxyl groups is 1. The van der Waals surface area contributed by atoms with Crippen LogP contribution in [0.5, 0.6) is 5.75 Å². The van der Waals surface area contributed by atoms with Gasteiger partial charge in [0, 0.05) is 5.56 Å². The lowest BCUT2D eigenvalue weighted by molar-refractivity contribution is 0.474. The molecule has 0 aliphatic carbocycles. The highest BCUT2D eigenvalue weighted by atomic mass is 16.3. The average Bonchev–Trinajstić information content (AvgIpc) is 2.16. The first kappa shape index (κ1) is 9.33. The van der Waals surface area contributed by atoms with E-state index in [-0.39, 0.29) is 5.75 Å². The number of hydrogen-bond acceptors (Lipinski definition) is 1. The molecule has 0 heterocycles. The molecule has 1 nitrogen and oxygen atoms in total. The molecule has 1 aromatic rings. The van der Waals surface area contributed by atoms with Crippen LogP contribution in [-0.4, -0.2) is 5.11 Å². The van der Waals surface area contributed by atoms with Crippen molar-refractivity contribution in [2.75, 3.05) is 0 Å². The summed E-state index contributed by atoms with van der Waals surface area (Å²) in [6.45, 7) is 7.27. The van der Waals surface area contributed by atoms with Crippen molar-refractivity contribution in [3.63, 3.8) is 0 Å². The summed E-state index contributed by atoms with van der Waals surface area (Å²) < 4.78 is 0. The number of phenolic OH excluding ortho intramolecular Hbond substituents is 1. The Hall–Kier alpha value is -1.76.